The smallest absolute Gasteiger partial charge is 0.163 e. The van der Waals surface area contributed by atoms with Crippen LogP contribution in [0.2, 0.25) is 0 Å². The lowest BCUT2D eigenvalue weighted by Gasteiger charge is -2.20. The molecule has 5 nitrogen and oxygen atoms in total. The molecule has 1 aliphatic heterocycles. The van der Waals surface area contributed by atoms with Crippen LogP contribution in [0.5, 0.6) is 23.0 Å². The van der Waals surface area contributed by atoms with E-state index in [9.17, 15) is 0 Å². The lowest BCUT2D eigenvalue weighted by atomic mass is 10.1. The summed E-state index contributed by atoms with van der Waals surface area (Å²) in [5.41, 5.74) is 7.52. The lowest BCUT2D eigenvalue weighted by molar-refractivity contribution is 0.171. The van der Waals surface area contributed by atoms with Gasteiger partial charge in [0, 0.05) is 17.3 Å². The number of hydrogen-bond donors (Lipinski definition) is 1. The van der Waals surface area contributed by atoms with Crippen LogP contribution in [-0.4, -0.2) is 20.3 Å². The molecule has 5 heteroatoms. The Balaban J connectivity index is 1.72. The summed E-state index contributed by atoms with van der Waals surface area (Å²) >= 11 is 0. The van der Waals surface area contributed by atoms with Crippen LogP contribution in [0.15, 0.2) is 36.4 Å². The van der Waals surface area contributed by atoms with Crippen LogP contribution in [-0.2, 0) is 6.61 Å². The van der Waals surface area contributed by atoms with Crippen LogP contribution >= 0.6 is 0 Å². The average molecular weight is 287 g/mol. The van der Waals surface area contributed by atoms with Gasteiger partial charge in [-0.3, -0.25) is 0 Å². The molecule has 0 aromatic heterocycles. The SMILES string of the molecule is COc1ccc(OCc2cc3c(cc2N)OCCO3)cc1. The summed E-state index contributed by atoms with van der Waals surface area (Å²) in [7, 11) is 1.63. The summed E-state index contributed by atoms with van der Waals surface area (Å²) < 4.78 is 21.9. The molecular formula is C16H17NO4. The van der Waals surface area contributed by atoms with Gasteiger partial charge in [-0.1, -0.05) is 0 Å². The molecule has 1 aliphatic rings. The first kappa shape index (κ1) is 13.4. The fourth-order valence-electron chi connectivity index (χ4n) is 2.10. The predicted molar refractivity (Wildman–Crippen MR) is 79.2 cm³/mol. The maximum atomic E-state index is 6.02. The molecule has 1 heterocycles. The van der Waals surface area contributed by atoms with Gasteiger partial charge in [0.15, 0.2) is 11.5 Å². The van der Waals surface area contributed by atoms with E-state index >= 15 is 0 Å². The second-order valence-electron chi connectivity index (χ2n) is 4.66. The van der Waals surface area contributed by atoms with Gasteiger partial charge >= 0.3 is 0 Å². The molecule has 0 amide bonds. The topological polar surface area (TPSA) is 62.9 Å². The molecule has 0 atom stereocenters. The summed E-state index contributed by atoms with van der Waals surface area (Å²) in [6.45, 7) is 1.47. The summed E-state index contributed by atoms with van der Waals surface area (Å²) in [4.78, 5) is 0. The van der Waals surface area contributed by atoms with Crippen molar-refractivity contribution in [2.24, 2.45) is 0 Å². The van der Waals surface area contributed by atoms with Crippen molar-refractivity contribution < 1.29 is 18.9 Å². The number of ether oxygens (including phenoxy) is 4. The monoisotopic (exact) mass is 287 g/mol. The van der Waals surface area contributed by atoms with Gasteiger partial charge in [0.1, 0.15) is 31.3 Å². The molecule has 2 aromatic rings. The molecule has 0 spiro atoms. The van der Waals surface area contributed by atoms with Gasteiger partial charge in [-0.05, 0) is 30.3 Å². The van der Waals surface area contributed by atoms with Crippen LogP contribution in [0.25, 0.3) is 0 Å². The van der Waals surface area contributed by atoms with E-state index in [-0.39, 0.29) is 0 Å². The van der Waals surface area contributed by atoms with E-state index in [2.05, 4.69) is 0 Å². The Morgan fingerprint density at radius 3 is 2.29 bits per heavy atom. The highest BCUT2D eigenvalue weighted by molar-refractivity contribution is 5.58. The Morgan fingerprint density at radius 1 is 1.00 bits per heavy atom. The van der Waals surface area contributed by atoms with Gasteiger partial charge < -0.3 is 24.7 Å². The highest BCUT2D eigenvalue weighted by Gasteiger charge is 2.14. The number of hydrogen-bond acceptors (Lipinski definition) is 5. The second kappa shape index (κ2) is 5.83. The van der Waals surface area contributed by atoms with Gasteiger partial charge in [-0.25, -0.2) is 0 Å². The lowest BCUT2D eigenvalue weighted by Crippen LogP contribution is -2.16. The molecule has 0 unspecified atom stereocenters. The predicted octanol–water partition coefficient (Wildman–Crippen LogP) is 2.63. The van der Waals surface area contributed by atoms with E-state index in [4.69, 9.17) is 24.7 Å². The van der Waals surface area contributed by atoms with Crippen molar-refractivity contribution in [3.05, 3.63) is 42.0 Å². The zero-order chi connectivity index (χ0) is 14.7. The third-order valence-corrected chi connectivity index (χ3v) is 3.26. The molecule has 0 saturated carbocycles. The van der Waals surface area contributed by atoms with Crippen molar-refractivity contribution in [3.8, 4) is 23.0 Å². The van der Waals surface area contributed by atoms with E-state index < -0.39 is 0 Å². The first-order chi connectivity index (χ1) is 10.3. The average Bonchev–Trinajstić information content (AvgIpc) is 2.53. The molecule has 110 valence electrons. The van der Waals surface area contributed by atoms with Crippen molar-refractivity contribution in [2.45, 2.75) is 6.61 Å². The largest absolute Gasteiger partial charge is 0.497 e. The molecule has 0 radical (unpaired) electrons. The standard InChI is InChI=1S/C16H17NO4/c1-18-12-2-4-13(5-3-12)21-10-11-8-15-16(9-14(11)17)20-7-6-19-15/h2-5,8-9H,6-7,10,17H2,1H3. The van der Waals surface area contributed by atoms with Gasteiger partial charge in [-0.15, -0.1) is 0 Å². The molecule has 0 fully saturated rings. The Bertz CT molecular complexity index is 625. The van der Waals surface area contributed by atoms with Crippen molar-refractivity contribution in [1.82, 2.24) is 0 Å². The van der Waals surface area contributed by atoms with Crippen LogP contribution in [0.4, 0.5) is 5.69 Å². The molecule has 21 heavy (non-hydrogen) atoms. The Labute approximate surface area is 123 Å². The fraction of sp³-hybridized carbons (Fsp3) is 0.250. The van der Waals surface area contributed by atoms with Crippen molar-refractivity contribution >= 4 is 5.69 Å². The zero-order valence-electron chi connectivity index (χ0n) is 11.8. The van der Waals surface area contributed by atoms with Crippen molar-refractivity contribution in [3.63, 3.8) is 0 Å². The molecule has 0 bridgehead atoms. The Morgan fingerprint density at radius 2 is 1.62 bits per heavy atom. The molecule has 3 rings (SSSR count). The number of anilines is 1. The fourth-order valence-corrected chi connectivity index (χ4v) is 2.10. The van der Waals surface area contributed by atoms with E-state index in [0.717, 1.165) is 17.1 Å². The minimum absolute atomic E-state index is 0.370. The summed E-state index contributed by atoms with van der Waals surface area (Å²) in [6, 6.07) is 11.1. The Hall–Kier alpha value is -2.56. The summed E-state index contributed by atoms with van der Waals surface area (Å²) in [6.07, 6.45) is 0. The van der Waals surface area contributed by atoms with Gasteiger partial charge in [0.25, 0.3) is 0 Å². The minimum atomic E-state index is 0.370. The second-order valence-corrected chi connectivity index (χ2v) is 4.66. The summed E-state index contributed by atoms with van der Waals surface area (Å²) in [5, 5.41) is 0. The first-order valence-electron chi connectivity index (χ1n) is 6.71. The van der Waals surface area contributed by atoms with Crippen molar-refractivity contribution in [1.29, 1.82) is 0 Å². The molecule has 2 N–H and O–H groups in total. The Kier molecular flexibility index (Phi) is 3.73. The number of methoxy groups -OCH3 is 1. The highest BCUT2D eigenvalue weighted by atomic mass is 16.6. The number of fused-ring (bicyclic) bond motifs is 1. The summed E-state index contributed by atoms with van der Waals surface area (Å²) in [5.74, 6) is 2.95. The van der Waals surface area contributed by atoms with Crippen molar-refractivity contribution in [2.75, 3.05) is 26.1 Å². The normalized spacial score (nSPS) is 12.8. The number of nitrogen functional groups attached to an aromatic ring is 1. The third-order valence-electron chi connectivity index (χ3n) is 3.26. The van der Waals surface area contributed by atoms with E-state index in [1.165, 1.54) is 0 Å². The van der Waals surface area contributed by atoms with Gasteiger partial charge in [0.2, 0.25) is 0 Å². The van der Waals surface area contributed by atoms with E-state index in [1.54, 1.807) is 13.2 Å². The number of benzene rings is 2. The van der Waals surface area contributed by atoms with Crippen LogP contribution in [0.3, 0.4) is 0 Å². The number of rotatable bonds is 4. The first-order valence-corrected chi connectivity index (χ1v) is 6.71. The van der Waals surface area contributed by atoms with Gasteiger partial charge in [0.05, 0.1) is 7.11 Å². The maximum absolute atomic E-state index is 6.02. The molecule has 0 aliphatic carbocycles. The number of nitrogens with two attached hydrogens (primary N) is 1. The van der Waals surface area contributed by atoms with Gasteiger partial charge in [-0.2, -0.15) is 0 Å². The zero-order valence-corrected chi connectivity index (χ0v) is 11.8. The third kappa shape index (κ3) is 2.97. The van der Waals surface area contributed by atoms with Crippen LogP contribution < -0.4 is 24.7 Å². The molecule has 0 saturated heterocycles. The van der Waals surface area contributed by atoms with Crippen LogP contribution in [0.1, 0.15) is 5.56 Å². The quantitative estimate of drug-likeness (QED) is 0.876. The van der Waals surface area contributed by atoms with Crippen LogP contribution in [0, 0.1) is 0 Å². The van der Waals surface area contributed by atoms with E-state index in [1.807, 2.05) is 30.3 Å². The molecular weight excluding hydrogens is 270 g/mol. The minimum Gasteiger partial charge on any atom is -0.497 e. The van der Waals surface area contributed by atoms with E-state index in [0.29, 0.717) is 37.0 Å². The maximum Gasteiger partial charge on any atom is 0.163 e. The molecule has 2 aromatic carbocycles. The highest BCUT2D eigenvalue weighted by Crippen LogP contribution is 2.34.